The largest absolute Gasteiger partial charge is 0.397 e. The standard InChI is InChI=1S/C28H33F3N2O2S/c1-4-6-17-9-12-24(27(2,3)28(29,30)31)23-11-10-22(23)21(17)7-5-8-25(35)33-19-13-18-14-20(16-34)36-26(18)32-15-19/h9,12-15,22,34H,4-8,10-11,16H2,1-3H3,(H,33,35). The quantitative estimate of drug-likeness (QED) is 0.355. The number of aromatic nitrogens is 1. The van der Waals surface area contributed by atoms with Gasteiger partial charge in [-0.2, -0.15) is 13.2 Å². The van der Waals surface area contributed by atoms with Crippen LogP contribution in [-0.2, 0) is 11.4 Å². The second-order valence-corrected chi connectivity index (χ2v) is 11.3. The molecule has 0 aromatic carbocycles. The highest BCUT2D eigenvalue weighted by atomic mass is 32.1. The fourth-order valence-corrected chi connectivity index (χ4v) is 6.01. The molecule has 1 atom stereocenters. The summed E-state index contributed by atoms with van der Waals surface area (Å²) in [5.41, 5.74) is 2.37. The molecule has 36 heavy (non-hydrogen) atoms. The molecule has 4 nitrogen and oxygen atoms in total. The lowest BCUT2D eigenvalue weighted by atomic mass is 9.67. The summed E-state index contributed by atoms with van der Waals surface area (Å²) in [7, 11) is 0. The number of alkyl halides is 3. The maximum Gasteiger partial charge on any atom is 0.397 e. The highest BCUT2D eigenvalue weighted by Gasteiger charge is 2.51. The van der Waals surface area contributed by atoms with Crippen molar-refractivity contribution in [1.82, 2.24) is 4.98 Å². The van der Waals surface area contributed by atoms with Crippen LogP contribution >= 0.6 is 11.3 Å². The van der Waals surface area contributed by atoms with E-state index in [4.69, 9.17) is 0 Å². The lowest BCUT2D eigenvalue weighted by molar-refractivity contribution is -0.197. The monoisotopic (exact) mass is 518 g/mol. The number of halogens is 3. The molecule has 1 saturated carbocycles. The molecule has 0 radical (unpaired) electrons. The van der Waals surface area contributed by atoms with Gasteiger partial charge < -0.3 is 10.4 Å². The first-order valence-corrected chi connectivity index (χ1v) is 13.4. The Morgan fingerprint density at radius 1 is 1.22 bits per heavy atom. The van der Waals surface area contributed by atoms with E-state index in [0.29, 0.717) is 36.9 Å². The summed E-state index contributed by atoms with van der Waals surface area (Å²) in [5.74, 6) is -0.0639. The molecule has 2 heterocycles. The minimum atomic E-state index is -4.31. The number of pyridine rings is 1. The fraction of sp³-hybridized carbons (Fsp3) is 0.500. The molecule has 1 amide bonds. The average molecular weight is 519 g/mol. The van der Waals surface area contributed by atoms with Gasteiger partial charge in [-0.3, -0.25) is 4.79 Å². The van der Waals surface area contributed by atoms with Crippen LogP contribution in [0.25, 0.3) is 10.2 Å². The zero-order chi connectivity index (χ0) is 26.1. The molecule has 4 rings (SSSR count). The molecule has 2 N–H and O–H groups in total. The lowest BCUT2D eigenvalue weighted by Crippen LogP contribution is -2.36. The van der Waals surface area contributed by atoms with Crippen molar-refractivity contribution < 1.29 is 23.1 Å². The van der Waals surface area contributed by atoms with Crippen molar-refractivity contribution in [3.63, 3.8) is 0 Å². The predicted molar refractivity (Wildman–Crippen MR) is 139 cm³/mol. The van der Waals surface area contributed by atoms with Gasteiger partial charge in [0.1, 0.15) is 4.83 Å². The number of allylic oxidation sites excluding steroid dienone is 6. The Balaban J connectivity index is 1.44. The Morgan fingerprint density at radius 2 is 2.00 bits per heavy atom. The smallest absolute Gasteiger partial charge is 0.391 e. The number of amides is 1. The third kappa shape index (κ3) is 5.30. The first kappa shape index (κ1) is 26.6. The lowest BCUT2D eigenvalue weighted by Gasteiger charge is -2.39. The van der Waals surface area contributed by atoms with E-state index in [1.807, 2.05) is 18.2 Å². The van der Waals surface area contributed by atoms with Gasteiger partial charge in [0, 0.05) is 22.6 Å². The van der Waals surface area contributed by atoms with E-state index in [2.05, 4.69) is 17.2 Å². The van der Waals surface area contributed by atoms with E-state index < -0.39 is 11.6 Å². The molecule has 1 fully saturated rings. The minimum absolute atomic E-state index is 0.0408. The maximum atomic E-state index is 13.9. The third-order valence-corrected chi connectivity index (χ3v) is 8.41. The summed E-state index contributed by atoms with van der Waals surface area (Å²) in [6.07, 6.45) is 5.86. The molecule has 2 aliphatic carbocycles. The Kier molecular flexibility index (Phi) is 7.76. The molecule has 2 aromatic heterocycles. The highest BCUT2D eigenvalue weighted by molar-refractivity contribution is 7.18. The summed E-state index contributed by atoms with van der Waals surface area (Å²) in [4.78, 5) is 18.6. The normalized spacial score (nSPS) is 18.4. The van der Waals surface area contributed by atoms with Crippen molar-refractivity contribution >= 4 is 33.1 Å². The maximum absolute atomic E-state index is 13.9. The highest BCUT2D eigenvalue weighted by Crippen LogP contribution is 2.53. The summed E-state index contributed by atoms with van der Waals surface area (Å²) in [6, 6.07) is 3.71. The van der Waals surface area contributed by atoms with Gasteiger partial charge in [-0.25, -0.2) is 4.98 Å². The number of hydrogen-bond acceptors (Lipinski definition) is 4. The number of aliphatic hydroxyl groups is 1. The number of rotatable bonds is 9. The van der Waals surface area contributed by atoms with Crippen molar-refractivity contribution in [1.29, 1.82) is 0 Å². The van der Waals surface area contributed by atoms with Gasteiger partial charge in [0.15, 0.2) is 0 Å². The first-order valence-electron chi connectivity index (χ1n) is 12.5. The molecular formula is C28H33F3N2O2S. The zero-order valence-electron chi connectivity index (χ0n) is 21.0. The molecule has 0 aliphatic heterocycles. The van der Waals surface area contributed by atoms with E-state index in [0.717, 1.165) is 45.5 Å². The van der Waals surface area contributed by atoms with Crippen LogP contribution in [0.4, 0.5) is 18.9 Å². The van der Waals surface area contributed by atoms with Gasteiger partial charge in [0.2, 0.25) is 5.91 Å². The summed E-state index contributed by atoms with van der Waals surface area (Å²) < 4.78 is 41.6. The second-order valence-electron chi connectivity index (χ2n) is 10.2. The molecule has 2 aliphatic rings. The third-order valence-electron chi connectivity index (χ3n) is 7.37. The van der Waals surface area contributed by atoms with Crippen molar-refractivity contribution in [3.8, 4) is 0 Å². The number of aliphatic hydroxyl groups excluding tert-OH is 1. The van der Waals surface area contributed by atoms with E-state index in [9.17, 15) is 23.1 Å². The molecular weight excluding hydrogens is 485 g/mol. The molecule has 0 bridgehead atoms. The van der Waals surface area contributed by atoms with Crippen LogP contribution in [0.2, 0.25) is 0 Å². The molecule has 2 aromatic rings. The van der Waals surface area contributed by atoms with Crippen molar-refractivity contribution in [2.45, 2.75) is 78.5 Å². The summed E-state index contributed by atoms with van der Waals surface area (Å²) >= 11 is 1.42. The first-order chi connectivity index (χ1) is 17.0. The predicted octanol–water partition coefficient (Wildman–Crippen LogP) is 7.86. The molecule has 0 spiro atoms. The van der Waals surface area contributed by atoms with Crippen LogP contribution in [0.3, 0.4) is 0 Å². The Morgan fingerprint density at radius 3 is 2.64 bits per heavy atom. The van der Waals surface area contributed by atoms with Crippen molar-refractivity contribution in [2.75, 3.05) is 5.32 Å². The number of nitrogens with one attached hydrogen (secondary N) is 1. The van der Waals surface area contributed by atoms with E-state index in [1.165, 1.54) is 30.8 Å². The molecule has 194 valence electrons. The van der Waals surface area contributed by atoms with Gasteiger partial charge in [0.05, 0.1) is 23.9 Å². The molecule has 0 saturated heterocycles. The van der Waals surface area contributed by atoms with Gasteiger partial charge in [-0.15, -0.1) is 11.3 Å². The van der Waals surface area contributed by atoms with Crippen LogP contribution in [0, 0.1) is 11.3 Å². The average Bonchev–Trinajstić information content (AvgIpc) is 3.16. The Labute approximate surface area is 214 Å². The van der Waals surface area contributed by atoms with E-state index >= 15 is 0 Å². The van der Waals surface area contributed by atoms with Crippen LogP contribution in [0.5, 0.6) is 0 Å². The van der Waals surface area contributed by atoms with E-state index in [-0.39, 0.29) is 18.4 Å². The number of carbonyl (C=O) groups excluding carboxylic acids is 1. The summed E-state index contributed by atoms with van der Waals surface area (Å²) in [6.45, 7) is 4.59. The number of anilines is 1. The van der Waals surface area contributed by atoms with Crippen molar-refractivity contribution in [3.05, 3.63) is 57.7 Å². The van der Waals surface area contributed by atoms with Crippen LogP contribution in [-0.4, -0.2) is 22.2 Å². The zero-order valence-corrected chi connectivity index (χ0v) is 21.8. The number of thiophene rings is 1. The molecule has 1 unspecified atom stereocenters. The fourth-order valence-electron chi connectivity index (χ4n) is 5.17. The Hall–Kier alpha value is -2.45. The van der Waals surface area contributed by atoms with Crippen molar-refractivity contribution in [2.24, 2.45) is 11.3 Å². The minimum Gasteiger partial charge on any atom is -0.391 e. The van der Waals surface area contributed by atoms with Gasteiger partial charge in [-0.1, -0.05) is 36.6 Å². The number of carbonyl (C=O) groups is 1. The number of nitrogens with zero attached hydrogens (tertiary/aromatic N) is 1. The van der Waals surface area contributed by atoms with Gasteiger partial charge >= 0.3 is 6.18 Å². The second kappa shape index (κ2) is 10.5. The molecule has 8 heteroatoms. The summed E-state index contributed by atoms with van der Waals surface area (Å²) in [5, 5.41) is 13.1. The van der Waals surface area contributed by atoms with Gasteiger partial charge in [-0.05, 0) is 69.2 Å². The topological polar surface area (TPSA) is 62.2 Å². The van der Waals surface area contributed by atoms with E-state index in [1.54, 1.807) is 12.3 Å². The van der Waals surface area contributed by atoms with Crippen LogP contribution in [0.1, 0.15) is 70.6 Å². The Bertz CT molecular complexity index is 1240. The van der Waals surface area contributed by atoms with Crippen LogP contribution in [0.15, 0.2) is 52.8 Å². The van der Waals surface area contributed by atoms with Crippen LogP contribution < -0.4 is 5.32 Å². The number of fused-ring (bicyclic) bond motifs is 2. The van der Waals surface area contributed by atoms with Gasteiger partial charge in [0.25, 0.3) is 0 Å². The number of hydrogen-bond donors (Lipinski definition) is 2. The SMILES string of the molecule is CCCC1=C(CCCC(=O)Nc2cnc3sc(CO)cc3c2)C2CCC2=C(C(C)(C)C(F)(F)F)C=C1.